The summed E-state index contributed by atoms with van der Waals surface area (Å²) in [6.45, 7) is 7.39. The van der Waals surface area contributed by atoms with Crippen LogP contribution in [-0.2, 0) is 15.4 Å². The van der Waals surface area contributed by atoms with Gasteiger partial charge in [-0.3, -0.25) is 0 Å². The van der Waals surface area contributed by atoms with E-state index >= 15 is 0 Å². The quantitative estimate of drug-likeness (QED) is 0.875. The van der Waals surface area contributed by atoms with Crippen molar-refractivity contribution in [1.29, 1.82) is 0 Å². The van der Waals surface area contributed by atoms with Gasteiger partial charge in [-0.25, -0.2) is 8.42 Å². The minimum absolute atomic E-state index is 0.00472. The SMILES string of the molecule is CC(C)(C)c1ccc(S(=O)(=O)N2CCC(c3ccc(O)cc3)CC2)cc1. The van der Waals surface area contributed by atoms with Crippen LogP contribution in [0.25, 0.3) is 0 Å². The summed E-state index contributed by atoms with van der Waals surface area (Å²) in [6, 6.07) is 14.5. The van der Waals surface area contributed by atoms with E-state index in [2.05, 4.69) is 20.8 Å². The van der Waals surface area contributed by atoms with Crippen LogP contribution in [-0.4, -0.2) is 30.9 Å². The second kappa shape index (κ2) is 7.05. The molecule has 0 spiro atoms. The van der Waals surface area contributed by atoms with Gasteiger partial charge in [0.25, 0.3) is 0 Å². The highest BCUT2D eigenvalue weighted by Gasteiger charge is 2.30. The Bertz CT molecular complexity index is 842. The van der Waals surface area contributed by atoms with E-state index in [-0.39, 0.29) is 11.2 Å². The monoisotopic (exact) mass is 373 g/mol. The zero-order chi connectivity index (χ0) is 18.9. The maximum absolute atomic E-state index is 12.9. The Hall–Kier alpha value is -1.85. The third-order valence-electron chi connectivity index (χ3n) is 5.18. The lowest BCUT2D eigenvalue weighted by atomic mass is 9.87. The molecule has 0 atom stereocenters. The van der Waals surface area contributed by atoms with Crippen molar-refractivity contribution in [2.24, 2.45) is 0 Å². The Kier molecular flexibility index (Phi) is 5.13. The van der Waals surface area contributed by atoms with Gasteiger partial charge in [0.1, 0.15) is 5.75 Å². The fourth-order valence-corrected chi connectivity index (χ4v) is 4.92. The molecule has 0 aromatic heterocycles. The Balaban J connectivity index is 1.70. The number of hydrogen-bond donors (Lipinski definition) is 1. The van der Waals surface area contributed by atoms with Crippen LogP contribution >= 0.6 is 0 Å². The maximum atomic E-state index is 12.9. The van der Waals surface area contributed by atoms with Crippen molar-refractivity contribution in [3.63, 3.8) is 0 Å². The maximum Gasteiger partial charge on any atom is 0.243 e. The Morgan fingerprint density at radius 2 is 1.46 bits per heavy atom. The lowest BCUT2D eigenvalue weighted by molar-refractivity contribution is 0.319. The van der Waals surface area contributed by atoms with Crippen molar-refractivity contribution in [3.05, 3.63) is 59.7 Å². The number of benzene rings is 2. The van der Waals surface area contributed by atoms with Gasteiger partial charge in [0, 0.05) is 13.1 Å². The van der Waals surface area contributed by atoms with E-state index in [4.69, 9.17) is 0 Å². The van der Waals surface area contributed by atoms with Crippen LogP contribution in [0.3, 0.4) is 0 Å². The average molecular weight is 374 g/mol. The fourth-order valence-electron chi connectivity index (χ4n) is 3.45. The lowest BCUT2D eigenvalue weighted by Crippen LogP contribution is -2.37. The first kappa shape index (κ1) is 18.9. The molecule has 2 aromatic carbocycles. The van der Waals surface area contributed by atoms with Gasteiger partial charge in [0.15, 0.2) is 0 Å². The van der Waals surface area contributed by atoms with E-state index < -0.39 is 10.0 Å². The van der Waals surface area contributed by atoms with E-state index in [1.807, 2.05) is 24.3 Å². The Labute approximate surface area is 156 Å². The molecule has 0 aliphatic carbocycles. The van der Waals surface area contributed by atoms with E-state index in [1.165, 1.54) is 0 Å². The van der Waals surface area contributed by atoms with E-state index in [1.54, 1.807) is 28.6 Å². The van der Waals surface area contributed by atoms with Crippen LogP contribution < -0.4 is 0 Å². The molecule has 3 rings (SSSR count). The van der Waals surface area contributed by atoms with Gasteiger partial charge in [-0.1, -0.05) is 45.0 Å². The summed E-state index contributed by atoms with van der Waals surface area (Å²) in [5.41, 5.74) is 2.29. The first-order chi connectivity index (χ1) is 12.2. The molecule has 140 valence electrons. The predicted molar refractivity (Wildman–Crippen MR) is 104 cm³/mol. The van der Waals surface area contributed by atoms with Crippen LogP contribution in [0.15, 0.2) is 53.4 Å². The smallest absolute Gasteiger partial charge is 0.243 e. The molecule has 1 aliphatic rings. The van der Waals surface area contributed by atoms with Crippen molar-refractivity contribution in [3.8, 4) is 5.75 Å². The molecule has 1 fully saturated rings. The molecule has 5 heteroatoms. The van der Waals surface area contributed by atoms with Crippen molar-refractivity contribution in [2.45, 2.75) is 49.8 Å². The second-order valence-corrected chi connectivity index (χ2v) is 9.98. The van der Waals surface area contributed by atoms with E-state index in [0.717, 1.165) is 24.0 Å². The molecular weight excluding hydrogens is 346 g/mol. The number of nitrogens with zero attached hydrogens (tertiary/aromatic N) is 1. The van der Waals surface area contributed by atoms with Crippen molar-refractivity contribution < 1.29 is 13.5 Å². The molecule has 0 amide bonds. The van der Waals surface area contributed by atoms with Gasteiger partial charge in [-0.15, -0.1) is 0 Å². The number of hydrogen-bond acceptors (Lipinski definition) is 3. The number of phenolic OH excluding ortho intramolecular Hbond substituents is 1. The first-order valence-corrected chi connectivity index (χ1v) is 10.5. The summed E-state index contributed by atoms with van der Waals surface area (Å²) in [7, 11) is -3.44. The van der Waals surface area contributed by atoms with Gasteiger partial charge in [0.2, 0.25) is 10.0 Å². The lowest BCUT2D eigenvalue weighted by Gasteiger charge is -2.31. The number of phenols is 1. The zero-order valence-corrected chi connectivity index (χ0v) is 16.5. The molecular formula is C21H27NO3S. The topological polar surface area (TPSA) is 57.6 Å². The van der Waals surface area contributed by atoms with Crippen molar-refractivity contribution >= 4 is 10.0 Å². The molecule has 4 nitrogen and oxygen atoms in total. The molecule has 1 heterocycles. The van der Waals surface area contributed by atoms with Crippen LogP contribution in [0.2, 0.25) is 0 Å². The standard InChI is InChI=1S/C21H27NO3S/c1-21(2,3)18-6-10-20(11-7-18)26(24,25)22-14-12-17(13-15-22)16-4-8-19(23)9-5-16/h4-11,17,23H,12-15H2,1-3H3. The normalized spacial score (nSPS) is 17.3. The van der Waals surface area contributed by atoms with Gasteiger partial charge in [-0.2, -0.15) is 4.31 Å². The summed E-state index contributed by atoms with van der Waals surface area (Å²) in [5, 5.41) is 9.41. The number of aromatic hydroxyl groups is 1. The predicted octanol–water partition coefficient (Wildman–Crippen LogP) is 4.26. The number of piperidine rings is 1. The fraction of sp³-hybridized carbons (Fsp3) is 0.429. The highest BCUT2D eigenvalue weighted by molar-refractivity contribution is 7.89. The highest BCUT2D eigenvalue weighted by Crippen LogP contribution is 2.32. The summed E-state index contributed by atoms with van der Waals surface area (Å²) < 4.78 is 27.5. The van der Waals surface area contributed by atoms with Crippen LogP contribution in [0, 0.1) is 0 Å². The Morgan fingerprint density at radius 1 is 0.923 bits per heavy atom. The largest absolute Gasteiger partial charge is 0.508 e. The first-order valence-electron chi connectivity index (χ1n) is 9.07. The molecule has 2 aromatic rings. The second-order valence-electron chi connectivity index (χ2n) is 8.04. The van der Waals surface area contributed by atoms with Gasteiger partial charge in [0.05, 0.1) is 4.90 Å². The summed E-state index contributed by atoms with van der Waals surface area (Å²) in [6.07, 6.45) is 1.59. The summed E-state index contributed by atoms with van der Waals surface area (Å²) in [5.74, 6) is 0.595. The molecule has 1 aliphatic heterocycles. The van der Waals surface area contributed by atoms with Gasteiger partial charge in [-0.05, 0) is 59.6 Å². The van der Waals surface area contributed by atoms with Crippen LogP contribution in [0.5, 0.6) is 5.75 Å². The van der Waals surface area contributed by atoms with Gasteiger partial charge >= 0.3 is 0 Å². The molecule has 1 saturated heterocycles. The third kappa shape index (κ3) is 3.94. The summed E-state index contributed by atoms with van der Waals surface area (Å²) in [4.78, 5) is 0.369. The third-order valence-corrected chi connectivity index (χ3v) is 7.09. The number of rotatable bonds is 3. The molecule has 0 unspecified atom stereocenters. The molecule has 0 bridgehead atoms. The van der Waals surface area contributed by atoms with Crippen molar-refractivity contribution in [1.82, 2.24) is 4.31 Å². The minimum Gasteiger partial charge on any atom is -0.508 e. The highest BCUT2D eigenvalue weighted by atomic mass is 32.2. The van der Waals surface area contributed by atoms with E-state index in [0.29, 0.717) is 23.9 Å². The molecule has 0 radical (unpaired) electrons. The Morgan fingerprint density at radius 3 is 1.96 bits per heavy atom. The van der Waals surface area contributed by atoms with Crippen molar-refractivity contribution in [2.75, 3.05) is 13.1 Å². The average Bonchev–Trinajstić information content (AvgIpc) is 2.62. The van der Waals surface area contributed by atoms with E-state index in [9.17, 15) is 13.5 Å². The van der Waals surface area contributed by atoms with Gasteiger partial charge < -0.3 is 5.11 Å². The molecule has 1 N–H and O–H groups in total. The summed E-state index contributed by atoms with van der Waals surface area (Å²) >= 11 is 0. The molecule has 26 heavy (non-hydrogen) atoms. The minimum atomic E-state index is -3.44. The number of sulfonamides is 1. The van der Waals surface area contributed by atoms with Crippen LogP contribution in [0.1, 0.15) is 50.7 Å². The molecule has 0 saturated carbocycles. The van der Waals surface area contributed by atoms with Crippen LogP contribution in [0.4, 0.5) is 0 Å². The zero-order valence-electron chi connectivity index (χ0n) is 15.6.